The van der Waals surface area contributed by atoms with Crippen LogP contribution in [0.25, 0.3) is 0 Å². The standard InChI is InChI=1S/C13H18O/c1-10-12(13(10)9-14)8-7-11-5-3-2-4-6-11/h2-6,10,12-14H,7-9H2,1H3/t10-,12+,13+/m0/s1. The van der Waals surface area contributed by atoms with E-state index in [1.165, 1.54) is 12.0 Å². The number of aryl methyl sites for hydroxylation is 1. The highest BCUT2D eigenvalue weighted by atomic mass is 16.3. The van der Waals surface area contributed by atoms with E-state index < -0.39 is 0 Å². The summed E-state index contributed by atoms with van der Waals surface area (Å²) >= 11 is 0. The van der Waals surface area contributed by atoms with Gasteiger partial charge in [0.1, 0.15) is 0 Å². The quantitative estimate of drug-likeness (QED) is 0.773. The molecule has 0 radical (unpaired) electrons. The zero-order valence-corrected chi connectivity index (χ0v) is 8.69. The predicted octanol–water partition coefficient (Wildman–Crippen LogP) is 2.49. The van der Waals surface area contributed by atoms with Crippen molar-refractivity contribution >= 4 is 0 Å². The van der Waals surface area contributed by atoms with E-state index in [4.69, 9.17) is 5.11 Å². The normalized spacial score (nSPS) is 30.3. The minimum atomic E-state index is 0.376. The van der Waals surface area contributed by atoms with Crippen LogP contribution in [0.2, 0.25) is 0 Å². The molecule has 3 atom stereocenters. The van der Waals surface area contributed by atoms with E-state index in [9.17, 15) is 0 Å². The summed E-state index contributed by atoms with van der Waals surface area (Å²) in [4.78, 5) is 0. The van der Waals surface area contributed by atoms with E-state index in [0.29, 0.717) is 12.5 Å². The van der Waals surface area contributed by atoms with Gasteiger partial charge in [-0.2, -0.15) is 0 Å². The summed E-state index contributed by atoms with van der Waals surface area (Å²) in [6.07, 6.45) is 2.39. The first-order chi connectivity index (χ1) is 6.83. The highest BCUT2D eigenvalue weighted by Gasteiger charge is 2.44. The number of rotatable bonds is 4. The number of benzene rings is 1. The summed E-state index contributed by atoms with van der Waals surface area (Å²) in [7, 11) is 0. The molecular formula is C13H18O. The predicted molar refractivity (Wildman–Crippen MR) is 58.0 cm³/mol. The highest BCUT2D eigenvalue weighted by Crippen LogP contribution is 2.48. The van der Waals surface area contributed by atoms with Gasteiger partial charge >= 0.3 is 0 Å². The number of hydrogen-bond acceptors (Lipinski definition) is 1. The van der Waals surface area contributed by atoms with Crippen LogP contribution in [0.1, 0.15) is 18.9 Å². The van der Waals surface area contributed by atoms with Crippen molar-refractivity contribution in [2.75, 3.05) is 6.61 Å². The fraction of sp³-hybridized carbons (Fsp3) is 0.538. The van der Waals surface area contributed by atoms with E-state index in [2.05, 4.69) is 37.3 Å². The maximum absolute atomic E-state index is 9.04. The number of aliphatic hydroxyl groups excluding tert-OH is 1. The Hall–Kier alpha value is -0.820. The lowest BCUT2D eigenvalue weighted by molar-refractivity contribution is 0.263. The maximum Gasteiger partial charge on any atom is 0.0464 e. The van der Waals surface area contributed by atoms with Crippen LogP contribution in [-0.4, -0.2) is 11.7 Å². The molecule has 14 heavy (non-hydrogen) atoms. The first-order valence-electron chi connectivity index (χ1n) is 5.47. The third-order valence-corrected chi connectivity index (χ3v) is 3.58. The van der Waals surface area contributed by atoms with Crippen LogP contribution in [0, 0.1) is 17.8 Å². The van der Waals surface area contributed by atoms with Crippen molar-refractivity contribution in [3.05, 3.63) is 35.9 Å². The van der Waals surface area contributed by atoms with Crippen molar-refractivity contribution < 1.29 is 5.11 Å². The van der Waals surface area contributed by atoms with E-state index >= 15 is 0 Å². The summed E-state index contributed by atoms with van der Waals surface area (Å²) in [5.41, 5.74) is 1.42. The van der Waals surface area contributed by atoms with Crippen molar-refractivity contribution in [2.45, 2.75) is 19.8 Å². The largest absolute Gasteiger partial charge is 0.396 e. The van der Waals surface area contributed by atoms with Crippen molar-refractivity contribution in [1.29, 1.82) is 0 Å². The summed E-state index contributed by atoms with van der Waals surface area (Å²) < 4.78 is 0. The molecule has 1 aliphatic rings. The minimum absolute atomic E-state index is 0.376. The van der Waals surface area contributed by atoms with Gasteiger partial charge in [-0.25, -0.2) is 0 Å². The molecule has 1 aromatic carbocycles. The first kappa shape index (κ1) is 9.72. The van der Waals surface area contributed by atoms with Gasteiger partial charge in [0.25, 0.3) is 0 Å². The Balaban J connectivity index is 1.79. The van der Waals surface area contributed by atoms with Gasteiger partial charge in [-0.05, 0) is 36.2 Å². The molecule has 76 valence electrons. The molecule has 1 heteroatoms. The SMILES string of the molecule is C[C@@H]1[C@@H](CO)[C@@H]1CCc1ccccc1. The van der Waals surface area contributed by atoms with Gasteiger partial charge in [0.2, 0.25) is 0 Å². The average Bonchev–Trinajstić information content (AvgIpc) is 2.87. The zero-order valence-electron chi connectivity index (χ0n) is 8.69. The minimum Gasteiger partial charge on any atom is -0.396 e. The molecule has 0 saturated heterocycles. The molecule has 1 aromatic rings. The lowest BCUT2D eigenvalue weighted by Crippen LogP contribution is -1.91. The molecule has 1 fully saturated rings. The molecule has 0 unspecified atom stereocenters. The molecule has 1 N–H and O–H groups in total. The fourth-order valence-corrected chi connectivity index (χ4v) is 2.39. The Kier molecular flexibility index (Phi) is 2.87. The van der Waals surface area contributed by atoms with Crippen LogP contribution in [0.15, 0.2) is 30.3 Å². The lowest BCUT2D eigenvalue weighted by Gasteiger charge is -1.99. The topological polar surface area (TPSA) is 20.2 Å². The number of hydrogen-bond donors (Lipinski definition) is 1. The van der Waals surface area contributed by atoms with E-state index in [0.717, 1.165) is 18.3 Å². The van der Waals surface area contributed by atoms with Gasteiger partial charge in [0, 0.05) is 6.61 Å². The summed E-state index contributed by atoms with van der Waals surface area (Å²) in [5, 5.41) is 9.04. The van der Waals surface area contributed by atoms with Gasteiger partial charge in [-0.1, -0.05) is 37.3 Å². The van der Waals surface area contributed by atoms with Crippen LogP contribution in [-0.2, 0) is 6.42 Å². The zero-order chi connectivity index (χ0) is 9.97. The van der Waals surface area contributed by atoms with Gasteiger partial charge in [0.15, 0.2) is 0 Å². The van der Waals surface area contributed by atoms with Crippen LogP contribution in [0.5, 0.6) is 0 Å². The molecule has 1 aliphatic carbocycles. The second-order valence-corrected chi connectivity index (χ2v) is 4.39. The molecule has 0 heterocycles. The van der Waals surface area contributed by atoms with Crippen LogP contribution in [0.4, 0.5) is 0 Å². The monoisotopic (exact) mass is 190 g/mol. The van der Waals surface area contributed by atoms with Crippen molar-refractivity contribution in [2.24, 2.45) is 17.8 Å². The van der Waals surface area contributed by atoms with Crippen molar-refractivity contribution in [3.8, 4) is 0 Å². The molecule has 2 rings (SSSR count). The third-order valence-electron chi connectivity index (χ3n) is 3.58. The van der Waals surface area contributed by atoms with Gasteiger partial charge in [-0.15, -0.1) is 0 Å². The van der Waals surface area contributed by atoms with Crippen molar-refractivity contribution in [3.63, 3.8) is 0 Å². The van der Waals surface area contributed by atoms with Crippen LogP contribution in [0.3, 0.4) is 0 Å². The molecule has 0 amide bonds. The first-order valence-corrected chi connectivity index (χ1v) is 5.47. The van der Waals surface area contributed by atoms with Gasteiger partial charge < -0.3 is 5.11 Å². The molecule has 0 aliphatic heterocycles. The molecule has 1 saturated carbocycles. The summed E-state index contributed by atoms with van der Waals surface area (Å²) in [6.45, 7) is 2.62. The van der Waals surface area contributed by atoms with E-state index in [1.54, 1.807) is 0 Å². The van der Waals surface area contributed by atoms with Gasteiger partial charge in [-0.3, -0.25) is 0 Å². The molecule has 0 bridgehead atoms. The third kappa shape index (κ3) is 1.98. The Bertz CT molecular complexity index is 281. The molecule has 0 aromatic heterocycles. The second-order valence-electron chi connectivity index (χ2n) is 4.39. The second kappa shape index (κ2) is 4.14. The van der Waals surface area contributed by atoms with Crippen LogP contribution < -0.4 is 0 Å². The van der Waals surface area contributed by atoms with E-state index in [-0.39, 0.29) is 0 Å². The Morgan fingerprint density at radius 1 is 1.14 bits per heavy atom. The molecule has 1 nitrogen and oxygen atoms in total. The van der Waals surface area contributed by atoms with E-state index in [1.807, 2.05) is 0 Å². The smallest absolute Gasteiger partial charge is 0.0464 e. The average molecular weight is 190 g/mol. The lowest BCUT2D eigenvalue weighted by atomic mass is 10.1. The molecule has 0 spiro atoms. The highest BCUT2D eigenvalue weighted by molar-refractivity contribution is 5.15. The Morgan fingerprint density at radius 2 is 1.86 bits per heavy atom. The Labute approximate surface area is 85.8 Å². The maximum atomic E-state index is 9.04. The van der Waals surface area contributed by atoms with Gasteiger partial charge in [0.05, 0.1) is 0 Å². The molecular weight excluding hydrogens is 172 g/mol. The summed E-state index contributed by atoms with van der Waals surface area (Å²) in [6, 6.07) is 10.6. The van der Waals surface area contributed by atoms with Crippen LogP contribution >= 0.6 is 0 Å². The van der Waals surface area contributed by atoms with Crippen molar-refractivity contribution in [1.82, 2.24) is 0 Å². The Morgan fingerprint density at radius 3 is 2.43 bits per heavy atom. The fourth-order valence-electron chi connectivity index (χ4n) is 2.39. The number of aliphatic hydroxyl groups is 1. The summed E-state index contributed by atoms with van der Waals surface area (Å²) in [5.74, 6) is 2.09.